The summed E-state index contributed by atoms with van der Waals surface area (Å²) in [6.45, 7) is 3.25. The van der Waals surface area contributed by atoms with Gasteiger partial charge >= 0.3 is 0 Å². The van der Waals surface area contributed by atoms with Crippen LogP contribution in [0.15, 0.2) is 59.6 Å². The van der Waals surface area contributed by atoms with Gasteiger partial charge in [0.1, 0.15) is 12.4 Å². The lowest BCUT2D eigenvalue weighted by molar-refractivity contribution is 0.306. The molecular formula is C18H21N3O. The van der Waals surface area contributed by atoms with Gasteiger partial charge in [-0.25, -0.2) is 0 Å². The van der Waals surface area contributed by atoms with Crippen LogP contribution in [0.2, 0.25) is 0 Å². The Morgan fingerprint density at radius 1 is 1.05 bits per heavy atom. The van der Waals surface area contributed by atoms with Crippen LogP contribution in [0.3, 0.4) is 0 Å². The van der Waals surface area contributed by atoms with Crippen molar-refractivity contribution in [3.05, 3.63) is 65.7 Å². The SMILES string of the molecule is c1ccc(OCc2cccc(CNC3=NCCCN3)c2)cc1. The Hall–Kier alpha value is -2.49. The first-order valence-corrected chi connectivity index (χ1v) is 7.68. The predicted octanol–water partition coefficient (Wildman–Crippen LogP) is 2.70. The Kier molecular flexibility index (Phi) is 4.92. The van der Waals surface area contributed by atoms with Crippen molar-refractivity contribution in [1.29, 1.82) is 0 Å². The number of hydrogen-bond donors (Lipinski definition) is 2. The second-order valence-electron chi connectivity index (χ2n) is 5.29. The van der Waals surface area contributed by atoms with E-state index >= 15 is 0 Å². The van der Waals surface area contributed by atoms with Crippen molar-refractivity contribution in [3.63, 3.8) is 0 Å². The van der Waals surface area contributed by atoms with E-state index in [4.69, 9.17) is 4.74 Å². The van der Waals surface area contributed by atoms with Crippen LogP contribution in [0.5, 0.6) is 5.75 Å². The van der Waals surface area contributed by atoms with Crippen LogP contribution in [-0.2, 0) is 13.2 Å². The van der Waals surface area contributed by atoms with E-state index in [1.54, 1.807) is 0 Å². The van der Waals surface area contributed by atoms with Gasteiger partial charge in [-0.05, 0) is 29.7 Å². The van der Waals surface area contributed by atoms with Crippen molar-refractivity contribution >= 4 is 5.96 Å². The standard InChI is InChI=1S/C18H21N3O/c1-2-8-17(9-3-1)22-14-16-7-4-6-15(12-16)13-21-18-19-10-5-11-20-18/h1-4,6-9,12H,5,10-11,13-14H2,(H2,19,20,21). The van der Waals surface area contributed by atoms with E-state index in [9.17, 15) is 0 Å². The summed E-state index contributed by atoms with van der Waals surface area (Å²) in [5.74, 6) is 1.80. The first kappa shape index (κ1) is 14.4. The second kappa shape index (κ2) is 7.50. The van der Waals surface area contributed by atoms with Crippen molar-refractivity contribution in [2.45, 2.75) is 19.6 Å². The maximum absolute atomic E-state index is 5.79. The van der Waals surface area contributed by atoms with Gasteiger partial charge in [-0.15, -0.1) is 0 Å². The zero-order valence-corrected chi connectivity index (χ0v) is 12.6. The van der Waals surface area contributed by atoms with E-state index in [-0.39, 0.29) is 0 Å². The summed E-state index contributed by atoms with van der Waals surface area (Å²) in [5.41, 5.74) is 2.39. The summed E-state index contributed by atoms with van der Waals surface area (Å²) >= 11 is 0. The summed E-state index contributed by atoms with van der Waals surface area (Å²) in [4.78, 5) is 4.41. The molecule has 2 N–H and O–H groups in total. The number of ether oxygens (including phenoxy) is 1. The maximum Gasteiger partial charge on any atom is 0.191 e. The predicted molar refractivity (Wildman–Crippen MR) is 89.0 cm³/mol. The van der Waals surface area contributed by atoms with Crippen LogP contribution in [0.4, 0.5) is 0 Å². The Balaban J connectivity index is 1.54. The monoisotopic (exact) mass is 295 g/mol. The molecule has 0 unspecified atom stereocenters. The molecule has 0 fully saturated rings. The average Bonchev–Trinajstić information content (AvgIpc) is 2.60. The van der Waals surface area contributed by atoms with Crippen LogP contribution in [0, 0.1) is 0 Å². The van der Waals surface area contributed by atoms with E-state index < -0.39 is 0 Å². The van der Waals surface area contributed by atoms with Gasteiger partial charge in [0.15, 0.2) is 5.96 Å². The number of guanidine groups is 1. The lowest BCUT2D eigenvalue weighted by Crippen LogP contribution is -2.40. The number of para-hydroxylation sites is 1. The molecule has 1 heterocycles. The van der Waals surface area contributed by atoms with Gasteiger partial charge in [-0.1, -0.05) is 42.5 Å². The fourth-order valence-corrected chi connectivity index (χ4v) is 2.35. The lowest BCUT2D eigenvalue weighted by atomic mass is 10.1. The van der Waals surface area contributed by atoms with Gasteiger partial charge in [0.25, 0.3) is 0 Å². The molecule has 3 rings (SSSR count). The minimum atomic E-state index is 0.580. The van der Waals surface area contributed by atoms with Gasteiger partial charge in [0, 0.05) is 19.6 Å². The lowest BCUT2D eigenvalue weighted by Gasteiger charge is -2.16. The van der Waals surface area contributed by atoms with Gasteiger partial charge in [-0.3, -0.25) is 4.99 Å². The quantitative estimate of drug-likeness (QED) is 0.891. The molecule has 0 radical (unpaired) electrons. The van der Waals surface area contributed by atoms with Crippen molar-refractivity contribution < 1.29 is 4.74 Å². The van der Waals surface area contributed by atoms with E-state index in [2.05, 4.69) is 39.9 Å². The molecule has 1 aliphatic heterocycles. The molecule has 0 spiro atoms. The normalized spacial score (nSPS) is 13.9. The summed E-state index contributed by atoms with van der Waals surface area (Å²) in [5, 5.41) is 6.60. The highest BCUT2D eigenvalue weighted by atomic mass is 16.5. The van der Waals surface area contributed by atoms with E-state index in [1.165, 1.54) is 11.1 Å². The highest BCUT2D eigenvalue weighted by Gasteiger charge is 2.03. The molecule has 2 aromatic carbocycles. The van der Waals surface area contributed by atoms with Crippen LogP contribution >= 0.6 is 0 Å². The fourth-order valence-electron chi connectivity index (χ4n) is 2.35. The topological polar surface area (TPSA) is 45.6 Å². The summed E-state index contributed by atoms with van der Waals surface area (Å²) in [6.07, 6.45) is 1.11. The highest BCUT2D eigenvalue weighted by molar-refractivity contribution is 5.80. The highest BCUT2D eigenvalue weighted by Crippen LogP contribution is 2.12. The molecule has 4 nitrogen and oxygen atoms in total. The third kappa shape index (κ3) is 4.25. The van der Waals surface area contributed by atoms with Gasteiger partial charge in [-0.2, -0.15) is 0 Å². The average molecular weight is 295 g/mol. The molecule has 0 amide bonds. The molecular weight excluding hydrogens is 274 g/mol. The Labute approximate surface area is 131 Å². The molecule has 114 valence electrons. The number of nitrogens with one attached hydrogen (secondary N) is 2. The number of hydrogen-bond acceptors (Lipinski definition) is 4. The van der Waals surface area contributed by atoms with Crippen LogP contribution in [0.1, 0.15) is 17.5 Å². The van der Waals surface area contributed by atoms with E-state index in [1.807, 2.05) is 30.3 Å². The summed E-state index contributed by atoms with van der Waals surface area (Å²) < 4.78 is 5.79. The molecule has 1 aliphatic rings. The molecule has 22 heavy (non-hydrogen) atoms. The molecule has 0 saturated heterocycles. The zero-order chi connectivity index (χ0) is 15.0. The van der Waals surface area contributed by atoms with Crippen molar-refractivity contribution in [1.82, 2.24) is 10.6 Å². The molecule has 2 aromatic rings. The summed E-state index contributed by atoms with van der Waals surface area (Å²) in [7, 11) is 0. The first-order valence-electron chi connectivity index (χ1n) is 7.68. The largest absolute Gasteiger partial charge is 0.489 e. The minimum Gasteiger partial charge on any atom is -0.489 e. The molecule has 0 atom stereocenters. The van der Waals surface area contributed by atoms with E-state index in [0.717, 1.165) is 37.8 Å². The zero-order valence-electron chi connectivity index (χ0n) is 12.6. The Bertz CT molecular complexity index is 625. The molecule has 0 bridgehead atoms. The van der Waals surface area contributed by atoms with Crippen LogP contribution in [-0.4, -0.2) is 19.0 Å². The fraction of sp³-hybridized carbons (Fsp3) is 0.278. The van der Waals surface area contributed by atoms with Crippen LogP contribution in [0.25, 0.3) is 0 Å². The third-order valence-electron chi connectivity index (χ3n) is 3.50. The van der Waals surface area contributed by atoms with E-state index in [0.29, 0.717) is 6.61 Å². The maximum atomic E-state index is 5.79. The van der Waals surface area contributed by atoms with Crippen molar-refractivity contribution in [3.8, 4) is 5.75 Å². The molecule has 4 heteroatoms. The van der Waals surface area contributed by atoms with Crippen molar-refractivity contribution in [2.24, 2.45) is 4.99 Å². The van der Waals surface area contributed by atoms with Crippen LogP contribution < -0.4 is 15.4 Å². The molecule has 0 saturated carbocycles. The second-order valence-corrected chi connectivity index (χ2v) is 5.29. The smallest absolute Gasteiger partial charge is 0.191 e. The minimum absolute atomic E-state index is 0.580. The Morgan fingerprint density at radius 3 is 2.73 bits per heavy atom. The number of benzene rings is 2. The molecule has 0 aliphatic carbocycles. The first-order chi connectivity index (χ1) is 10.9. The third-order valence-corrected chi connectivity index (χ3v) is 3.50. The molecule has 0 aromatic heterocycles. The van der Waals surface area contributed by atoms with Gasteiger partial charge in [0.05, 0.1) is 0 Å². The Morgan fingerprint density at radius 2 is 1.91 bits per heavy atom. The van der Waals surface area contributed by atoms with Gasteiger partial charge in [0.2, 0.25) is 0 Å². The van der Waals surface area contributed by atoms with Crippen molar-refractivity contribution in [2.75, 3.05) is 13.1 Å². The number of nitrogens with zero attached hydrogens (tertiary/aromatic N) is 1. The number of rotatable bonds is 5. The number of aliphatic imine (C=N–C) groups is 1. The summed E-state index contributed by atoms with van der Waals surface area (Å²) in [6, 6.07) is 18.3. The van der Waals surface area contributed by atoms with Gasteiger partial charge < -0.3 is 15.4 Å².